The third-order valence-corrected chi connectivity index (χ3v) is 5.15. The van der Waals surface area contributed by atoms with E-state index in [9.17, 15) is 9.59 Å². The molecule has 0 aromatic rings. The fourth-order valence-electron chi connectivity index (χ4n) is 3.61. The van der Waals surface area contributed by atoms with Gasteiger partial charge < -0.3 is 10.2 Å². The average molecular weight is 264 g/mol. The quantitative estimate of drug-likeness (QED) is 0.843. The minimum absolute atomic E-state index is 0.0260. The van der Waals surface area contributed by atoms with Crippen molar-refractivity contribution in [2.45, 2.75) is 64.5 Å². The minimum atomic E-state index is -0.306. The Labute approximate surface area is 114 Å². The summed E-state index contributed by atoms with van der Waals surface area (Å²) >= 11 is 0. The van der Waals surface area contributed by atoms with Crippen LogP contribution in [0.4, 0.5) is 0 Å². The number of carbonyl (C=O) groups excluding carboxylic acids is 2. The summed E-state index contributed by atoms with van der Waals surface area (Å²) in [6, 6.07) is -0.548. The Balaban J connectivity index is 1.76. The molecule has 3 fully saturated rings. The van der Waals surface area contributed by atoms with Gasteiger partial charge in [-0.2, -0.15) is 0 Å². The van der Waals surface area contributed by atoms with Gasteiger partial charge in [0, 0.05) is 6.54 Å². The van der Waals surface area contributed by atoms with Gasteiger partial charge in [-0.05, 0) is 43.9 Å². The van der Waals surface area contributed by atoms with Crippen molar-refractivity contribution in [2.24, 2.45) is 11.3 Å². The highest BCUT2D eigenvalue weighted by Gasteiger charge is 2.47. The van der Waals surface area contributed by atoms with Crippen molar-refractivity contribution in [3.05, 3.63) is 0 Å². The molecule has 3 aliphatic rings. The zero-order chi connectivity index (χ0) is 13.6. The summed E-state index contributed by atoms with van der Waals surface area (Å²) in [4.78, 5) is 26.5. The Kier molecular flexibility index (Phi) is 3.06. The molecule has 0 spiro atoms. The van der Waals surface area contributed by atoms with E-state index in [1.807, 2.05) is 11.8 Å². The van der Waals surface area contributed by atoms with Crippen LogP contribution in [0.3, 0.4) is 0 Å². The van der Waals surface area contributed by atoms with Crippen LogP contribution in [-0.4, -0.2) is 35.3 Å². The van der Waals surface area contributed by atoms with Crippen molar-refractivity contribution in [3.63, 3.8) is 0 Å². The molecule has 1 N–H and O–H groups in total. The molecular weight excluding hydrogens is 240 g/mol. The zero-order valence-electron chi connectivity index (χ0n) is 11.9. The first kappa shape index (κ1) is 12.9. The zero-order valence-corrected chi connectivity index (χ0v) is 11.9. The SMILES string of the molecule is CC1C(=O)NC(C2CC2)C(=O)N1CC1(C)CCCC1. The molecule has 1 aliphatic heterocycles. The predicted molar refractivity (Wildman–Crippen MR) is 72.4 cm³/mol. The number of nitrogens with one attached hydrogen (secondary N) is 1. The van der Waals surface area contributed by atoms with E-state index in [1.54, 1.807) is 0 Å². The number of hydrogen-bond acceptors (Lipinski definition) is 2. The first-order chi connectivity index (χ1) is 9.00. The number of piperazine rings is 1. The van der Waals surface area contributed by atoms with E-state index in [2.05, 4.69) is 12.2 Å². The molecule has 3 rings (SSSR count). The van der Waals surface area contributed by atoms with Gasteiger partial charge in [0.25, 0.3) is 0 Å². The Hall–Kier alpha value is -1.06. The van der Waals surface area contributed by atoms with Gasteiger partial charge in [0.05, 0.1) is 0 Å². The third-order valence-electron chi connectivity index (χ3n) is 5.15. The fourth-order valence-corrected chi connectivity index (χ4v) is 3.61. The molecule has 1 saturated heterocycles. The van der Waals surface area contributed by atoms with Gasteiger partial charge in [0.2, 0.25) is 11.8 Å². The fraction of sp³-hybridized carbons (Fsp3) is 0.867. The molecule has 2 unspecified atom stereocenters. The second-order valence-electron chi connectivity index (χ2n) is 6.98. The lowest BCUT2D eigenvalue weighted by Crippen LogP contribution is -2.64. The van der Waals surface area contributed by atoms with Crippen LogP contribution in [0, 0.1) is 11.3 Å². The highest BCUT2D eigenvalue weighted by atomic mass is 16.2. The van der Waals surface area contributed by atoms with Crippen LogP contribution in [0.25, 0.3) is 0 Å². The lowest BCUT2D eigenvalue weighted by atomic mass is 9.87. The molecule has 0 bridgehead atoms. The molecular formula is C15H24N2O2. The van der Waals surface area contributed by atoms with Crippen LogP contribution in [0.5, 0.6) is 0 Å². The molecule has 0 aromatic carbocycles. The average Bonchev–Trinajstić information content (AvgIpc) is 3.13. The lowest BCUT2D eigenvalue weighted by molar-refractivity contribution is -0.150. The second-order valence-corrected chi connectivity index (χ2v) is 6.98. The molecule has 1 heterocycles. The number of amides is 2. The van der Waals surface area contributed by atoms with Crippen LogP contribution in [0.15, 0.2) is 0 Å². The van der Waals surface area contributed by atoms with E-state index < -0.39 is 0 Å². The summed E-state index contributed by atoms with van der Waals surface area (Å²) in [5, 5.41) is 2.92. The van der Waals surface area contributed by atoms with E-state index in [1.165, 1.54) is 25.7 Å². The summed E-state index contributed by atoms with van der Waals surface area (Å²) in [6.07, 6.45) is 7.03. The molecule has 0 aromatic heterocycles. The number of rotatable bonds is 3. The van der Waals surface area contributed by atoms with Crippen molar-refractivity contribution < 1.29 is 9.59 Å². The number of carbonyl (C=O) groups is 2. The monoisotopic (exact) mass is 264 g/mol. The van der Waals surface area contributed by atoms with Gasteiger partial charge in [-0.1, -0.05) is 19.8 Å². The standard InChI is InChI=1S/C15H24N2O2/c1-10-13(18)16-12(11-5-6-11)14(19)17(10)9-15(2)7-3-4-8-15/h10-12H,3-9H2,1-2H3,(H,16,18). The van der Waals surface area contributed by atoms with E-state index in [0.717, 1.165) is 19.4 Å². The molecule has 19 heavy (non-hydrogen) atoms. The maximum Gasteiger partial charge on any atom is 0.246 e. The largest absolute Gasteiger partial charge is 0.342 e. The van der Waals surface area contributed by atoms with E-state index in [-0.39, 0.29) is 29.3 Å². The highest BCUT2D eigenvalue weighted by Crippen LogP contribution is 2.40. The minimum Gasteiger partial charge on any atom is -0.342 e. The van der Waals surface area contributed by atoms with Crippen molar-refractivity contribution in [2.75, 3.05) is 6.54 Å². The predicted octanol–water partition coefficient (Wildman–Crippen LogP) is 1.69. The van der Waals surface area contributed by atoms with Gasteiger partial charge >= 0.3 is 0 Å². The van der Waals surface area contributed by atoms with E-state index in [4.69, 9.17) is 0 Å². The van der Waals surface area contributed by atoms with Crippen LogP contribution >= 0.6 is 0 Å². The van der Waals surface area contributed by atoms with Crippen molar-refractivity contribution in [1.29, 1.82) is 0 Å². The van der Waals surface area contributed by atoms with E-state index >= 15 is 0 Å². The molecule has 2 amide bonds. The Morgan fingerprint density at radius 3 is 2.47 bits per heavy atom. The summed E-state index contributed by atoms with van der Waals surface area (Å²) in [7, 11) is 0. The molecule has 2 aliphatic carbocycles. The number of hydrogen-bond donors (Lipinski definition) is 1. The van der Waals surface area contributed by atoms with Gasteiger partial charge in [-0.25, -0.2) is 0 Å². The summed E-state index contributed by atoms with van der Waals surface area (Å²) in [6.45, 7) is 4.87. The van der Waals surface area contributed by atoms with Crippen LogP contribution in [0.1, 0.15) is 52.4 Å². The Bertz CT molecular complexity index is 397. The smallest absolute Gasteiger partial charge is 0.246 e. The summed E-state index contributed by atoms with van der Waals surface area (Å²) < 4.78 is 0. The van der Waals surface area contributed by atoms with Crippen molar-refractivity contribution in [3.8, 4) is 0 Å². The van der Waals surface area contributed by atoms with Crippen LogP contribution in [-0.2, 0) is 9.59 Å². The maximum atomic E-state index is 12.6. The first-order valence-corrected chi connectivity index (χ1v) is 7.61. The van der Waals surface area contributed by atoms with E-state index in [0.29, 0.717) is 5.92 Å². The Morgan fingerprint density at radius 1 is 1.26 bits per heavy atom. The van der Waals surface area contributed by atoms with Gasteiger partial charge in [0.15, 0.2) is 0 Å². The topological polar surface area (TPSA) is 49.4 Å². The molecule has 0 radical (unpaired) electrons. The molecule has 2 atom stereocenters. The van der Waals surface area contributed by atoms with Crippen molar-refractivity contribution >= 4 is 11.8 Å². The third kappa shape index (κ3) is 2.37. The van der Waals surface area contributed by atoms with Gasteiger partial charge in [0.1, 0.15) is 12.1 Å². The highest BCUT2D eigenvalue weighted by molar-refractivity contribution is 5.97. The van der Waals surface area contributed by atoms with Gasteiger partial charge in [-0.3, -0.25) is 9.59 Å². The molecule has 4 heteroatoms. The number of nitrogens with zero attached hydrogens (tertiary/aromatic N) is 1. The lowest BCUT2D eigenvalue weighted by Gasteiger charge is -2.41. The van der Waals surface area contributed by atoms with Crippen LogP contribution < -0.4 is 5.32 Å². The molecule has 106 valence electrons. The summed E-state index contributed by atoms with van der Waals surface area (Å²) in [5.41, 5.74) is 0.218. The molecule has 4 nitrogen and oxygen atoms in total. The Morgan fingerprint density at radius 2 is 1.89 bits per heavy atom. The van der Waals surface area contributed by atoms with Crippen LogP contribution in [0.2, 0.25) is 0 Å². The van der Waals surface area contributed by atoms with Crippen molar-refractivity contribution in [1.82, 2.24) is 10.2 Å². The summed E-state index contributed by atoms with van der Waals surface area (Å²) in [5.74, 6) is 0.573. The second kappa shape index (κ2) is 4.50. The normalized spacial score (nSPS) is 34.5. The first-order valence-electron chi connectivity index (χ1n) is 7.61. The maximum absolute atomic E-state index is 12.6. The van der Waals surface area contributed by atoms with Gasteiger partial charge in [-0.15, -0.1) is 0 Å². The molecule has 2 saturated carbocycles.